The van der Waals surface area contributed by atoms with Gasteiger partial charge in [-0.3, -0.25) is 5.10 Å². The van der Waals surface area contributed by atoms with Gasteiger partial charge in [-0.05, 0) is 22.9 Å². The quantitative estimate of drug-likeness (QED) is 0.881. The molecule has 0 aliphatic heterocycles. The van der Waals surface area contributed by atoms with Crippen molar-refractivity contribution >= 4 is 21.7 Å². The zero-order valence-electron chi connectivity index (χ0n) is 8.03. The van der Waals surface area contributed by atoms with Gasteiger partial charge in [-0.25, -0.2) is 15.0 Å². The summed E-state index contributed by atoms with van der Waals surface area (Å²) in [4.78, 5) is 12.4. The molecule has 0 saturated carbocycles. The van der Waals surface area contributed by atoms with Gasteiger partial charge in [0.05, 0.1) is 4.47 Å². The van der Waals surface area contributed by atoms with E-state index >= 15 is 0 Å². The lowest BCUT2D eigenvalue weighted by atomic mass is 10.5. The molecule has 0 saturated heterocycles. The van der Waals surface area contributed by atoms with Crippen molar-refractivity contribution in [2.75, 3.05) is 11.9 Å². The van der Waals surface area contributed by atoms with Crippen molar-refractivity contribution in [3.63, 3.8) is 0 Å². The number of aromatic nitrogens is 5. The van der Waals surface area contributed by atoms with Crippen molar-refractivity contribution < 1.29 is 0 Å². The van der Waals surface area contributed by atoms with Crippen LogP contribution in [-0.2, 0) is 0 Å². The summed E-state index contributed by atoms with van der Waals surface area (Å²) in [7, 11) is 0. The monoisotopic (exact) mass is 268 g/mol. The Labute approximate surface area is 94.7 Å². The molecule has 0 spiro atoms. The highest BCUT2D eigenvalue weighted by Crippen LogP contribution is 2.20. The maximum atomic E-state index is 4.30. The zero-order valence-corrected chi connectivity index (χ0v) is 9.61. The normalized spacial score (nSPS) is 10.3. The fraction of sp³-hybridized carbons (Fsp3) is 0.250. The molecule has 2 aromatic rings. The molecule has 0 radical (unpaired) electrons. The van der Waals surface area contributed by atoms with E-state index in [2.05, 4.69) is 46.4 Å². The average molecular weight is 269 g/mol. The Hall–Kier alpha value is -1.50. The van der Waals surface area contributed by atoms with Gasteiger partial charge in [-0.2, -0.15) is 5.10 Å². The molecular weight excluding hydrogens is 260 g/mol. The van der Waals surface area contributed by atoms with Gasteiger partial charge in [0.25, 0.3) is 0 Å². The Morgan fingerprint density at radius 1 is 1.47 bits per heavy atom. The topological polar surface area (TPSA) is 79.4 Å². The Morgan fingerprint density at radius 3 is 3.00 bits per heavy atom. The van der Waals surface area contributed by atoms with Crippen LogP contribution in [0.25, 0.3) is 11.6 Å². The first kappa shape index (κ1) is 10.0. The van der Waals surface area contributed by atoms with Gasteiger partial charge >= 0.3 is 0 Å². The van der Waals surface area contributed by atoms with E-state index in [9.17, 15) is 0 Å². The number of aromatic amines is 1. The molecule has 0 bridgehead atoms. The van der Waals surface area contributed by atoms with Crippen molar-refractivity contribution in [2.45, 2.75) is 6.92 Å². The Balaban J connectivity index is 2.38. The van der Waals surface area contributed by atoms with Crippen molar-refractivity contribution in [2.24, 2.45) is 0 Å². The van der Waals surface area contributed by atoms with E-state index in [0.717, 1.165) is 16.8 Å². The number of hydrogen-bond acceptors (Lipinski definition) is 5. The van der Waals surface area contributed by atoms with Crippen LogP contribution < -0.4 is 5.32 Å². The fourth-order valence-electron chi connectivity index (χ4n) is 1.09. The molecule has 0 fully saturated rings. The van der Waals surface area contributed by atoms with E-state index in [1.54, 1.807) is 6.20 Å². The second-order valence-electron chi connectivity index (χ2n) is 2.75. The summed E-state index contributed by atoms with van der Waals surface area (Å²) in [6.07, 6.45) is 3.11. The van der Waals surface area contributed by atoms with Gasteiger partial charge in [0.1, 0.15) is 12.1 Å². The standard InChI is InChI=1S/C8H9BrN6/c1-2-10-6-5(9)3-11-7(14-6)8-12-4-13-15-8/h3-4H,2H2,1H3,(H,10,11,14)(H,12,13,15). The lowest BCUT2D eigenvalue weighted by Gasteiger charge is -2.05. The molecule has 0 aliphatic rings. The first-order valence-electron chi connectivity index (χ1n) is 4.43. The van der Waals surface area contributed by atoms with E-state index < -0.39 is 0 Å². The van der Waals surface area contributed by atoms with Crippen molar-refractivity contribution in [1.82, 2.24) is 25.1 Å². The molecule has 0 aliphatic carbocycles. The minimum absolute atomic E-state index is 0.520. The van der Waals surface area contributed by atoms with Gasteiger partial charge in [-0.1, -0.05) is 0 Å². The van der Waals surface area contributed by atoms with Crippen LogP contribution in [0.1, 0.15) is 6.92 Å². The number of H-pyrrole nitrogens is 1. The summed E-state index contributed by atoms with van der Waals surface area (Å²) in [5.41, 5.74) is 0. The SMILES string of the molecule is CCNc1nc(-c2ncn[nH]2)ncc1Br. The number of nitrogens with one attached hydrogen (secondary N) is 2. The second kappa shape index (κ2) is 4.35. The Bertz CT molecular complexity index is 440. The first-order valence-corrected chi connectivity index (χ1v) is 5.22. The summed E-state index contributed by atoms with van der Waals surface area (Å²) in [5.74, 6) is 1.83. The minimum atomic E-state index is 0.520. The maximum absolute atomic E-state index is 4.30. The third-order valence-electron chi connectivity index (χ3n) is 1.72. The maximum Gasteiger partial charge on any atom is 0.199 e. The molecule has 0 aromatic carbocycles. The van der Waals surface area contributed by atoms with Gasteiger partial charge in [-0.15, -0.1) is 0 Å². The van der Waals surface area contributed by atoms with Crippen LogP contribution in [0.4, 0.5) is 5.82 Å². The number of halogens is 1. The van der Waals surface area contributed by atoms with E-state index in [4.69, 9.17) is 0 Å². The zero-order chi connectivity index (χ0) is 10.7. The van der Waals surface area contributed by atoms with Crippen LogP contribution in [0.15, 0.2) is 17.0 Å². The molecule has 2 aromatic heterocycles. The third-order valence-corrected chi connectivity index (χ3v) is 2.30. The molecule has 15 heavy (non-hydrogen) atoms. The van der Waals surface area contributed by atoms with Crippen molar-refractivity contribution in [1.29, 1.82) is 0 Å². The lowest BCUT2D eigenvalue weighted by Crippen LogP contribution is -2.02. The Kier molecular flexibility index (Phi) is 2.91. The number of hydrogen-bond donors (Lipinski definition) is 2. The van der Waals surface area contributed by atoms with E-state index in [0.29, 0.717) is 11.6 Å². The summed E-state index contributed by atoms with van der Waals surface area (Å²) in [6.45, 7) is 2.80. The molecule has 2 rings (SSSR count). The first-order chi connectivity index (χ1) is 7.31. The van der Waals surface area contributed by atoms with Crippen LogP contribution in [0.5, 0.6) is 0 Å². The average Bonchev–Trinajstić information content (AvgIpc) is 2.75. The van der Waals surface area contributed by atoms with Gasteiger partial charge in [0, 0.05) is 12.7 Å². The van der Waals surface area contributed by atoms with Crippen LogP contribution in [-0.4, -0.2) is 31.7 Å². The molecule has 2 N–H and O–H groups in total. The van der Waals surface area contributed by atoms with E-state index in [1.165, 1.54) is 6.33 Å². The van der Waals surface area contributed by atoms with E-state index in [1.807, 2.05) is 6.92 Å². The summed E-state index contributed by atoms with van der Waals surface area (Å²) in [5, 5.41) is 9.58. The summed E-state index contributed by atoms with van der Waals surface area (Å²) in [6, 6.07) is 0. The molecule has 0 unspecified atom stereocenters. The summed E-state index contributed by atoms with van der Waals surface area (Å²) < 4.78 is 0.826. The Morgan fingerprint density at radius 2 is 2.33 bits per heavy atom. The highest BCUT2D eigenvalue weighted by molar-refractivity contribution is 9.10. The fourth-order valence-corrected chi connectivity index (χ4v) is 1.42. The smallest absolute Gasteiger partial charge is 0.199 e. The van der Waals surface area contributed by atoms with E-state index in [-0.39, 0.29) is 0 Å². The van der Waals surface area contributed by atoms with Gasteiger partial charge in [0.15, 0.2) is 11.6 Å². The van der Waals surface area contributed by atoms with Gasteiger partial charge in [0.2, 0.25) is 0 Å². The van der Waals surface area contributed by atoms with Crippen LogP contribution in [0.3, 0.4) is 0 Å². The highest BCUT2D eigenvalue weighted by Gasteiger charge is 2.07. The number of rotatable bonds is 3. The molecule has 2 heterocycles. The number of anilines is 1. The van der Waals surface area contributed by atoms with Crippen molar-refractivity contribution in [3.8, 4) is 11.6 Å². The molecule has 6 nitrogen and oxygen atoms in total. The second-order valence-corrected chi connectivity index (χ2v) is 3.61. The van der Waals surface area contributed by atoms with Crippen molar-refractivity contribution in [3.05, 3.63) is 17.0 Å². The lowest BCUT2D eigenvalue weighted by molar-refractivity contribution is 1.05. The van der Waals surface area contributed by atoms with Crippen LogP contribution in [0.2, 0.25) is 0 Å². The molecule has 78 valence electrons. The molecular formula is C8H9BrN6. The van der Waals surface area contributed by atoms with Gasteiger partial charge < -0.3 is 5.32 Å². The molecule has 7 heteroatoms. The molecule has 0 amide bonds. The van der Waals surface area contributed by atoms with Crippen LogP contribution >= 0.6 is 15.9 Å². The minimum Gasteiger partial charge on any atom is -0.369 e. The van der Waals surface area contributed by atoms with Crippen LogP contribution in [0, 0.1) is 0 Å². The number of nitrogens with zero attached hydrogens (tertiary/aromatic N) is 4. The predicted molar refractivity (Wildman–Crippen MR) is 59.3 cm³/mol. The largest absolute Gasteiger partial charge is 0.369 e. The predicted octanol–water partition coefficient (Wildman–Crippen LogP) is 1.46. The highest BCUT2D eigenvalue weighted by atomic mass is 79.9. The molecule has 0 atom stereocenters. The third kappa shape index (κ3) is 2.12. The summed E-state index contributed by atoms with van der Waals surface area (Å²) >= 11 is 3.36.